The fourth-order valence-corrected chi connectivity index (χ4v) is 2.12. The van der Waals surface area contributed by atoms with Crippen LogP contribution in [0.3, 0.4) is 0 Å². The zero-order valence-electron chi connectivity index (χ0n) is 5.00. The Hall–Kier alpha value is 0.110. The lowest BCUT2D eigenvalue weighted by Gasteiger charge is -1.99. The Balaban J connectivity index is 2.39. The van der Waals surface area contributed by atoms with Crippen LogP contribution in [0, 0.1) is 0 Å². The molecule has 0 radical (unpaired) electrons. The van der Waals surface area contributed by atoms with Crippen molar-refractivity contribution in [3.8, 4) is 0 Å². The summed E-state index contributed by atoms with van der Waals surface area (Å²) in [6.45, 7) is 0. The monoisotopic (exact) mass is 160 g/mol. The molecule has 1 aliphatic heterocycles. The third-order valence-corrected chi connectivity index (χ3v) is 2.72. The van der Waals surface area contributed by atoms with E-state index in [1.165, 1.54) is 11.8 Å². The van der Waals surface area contributed by atoms with Crippen molar-refractivity contribution in [2.45, 2.75) is 6.42 Å². The minimum absolute atomic E-state index is 0.196. The lowest BCUT2D eigenvalue weighted by atomic mass is 10.6. The molecule has 0 aliphatic carbocycles. The van der Waals surface area contributed by atoms with Crippen molar-refractivity contribution in [3.63, 3.8) is 0 Å². The van der Waals surface area contributed by atoms with Crippen LogP contribution < -0.4 is 0 Å². The third-order valence-electron chi connectivity index (χ3n) is 0.951. The molecule has 9 heavy (non-hydrogen) atoms. The number of carbonyl (C=O) groups excluding carboxylic acids is 1. The molecule has 0 atom stereocenters. The minimum atomic E-state index is 0.196. The normalized spacial score (nSPS) is 24.7. The van der Waals surface area contributed by atoms with Crippen molar-refractivity contribution < 1.29 is 4.79 Å². The lowest BCUT2D eigenvalue weighted by Crippen LogP contribution is -1.92. The quantitative estimate of drug-likeness (QED) is 0.538. The van der Waals surface area contributed by atoms with Crippen LogP contribution in [0.4, 0.5) is 0 Å². The first-order chi connectivity index (χ1) is 4.39. The van der Waals surface area contributed by atoms with E-state index in [0.29, 0.717) is 0 Å². The average Bonchev–Trinajstić information content (AvgIpc) is 1.79. The van der Waals surface area contributed by atoms with Crippen LogP contribution in [0.25, 0.3) is 0 Å². The molecule has 0 aromatic heterocycles. The molecule has 1 heterocycles. The maximum Gasteiger partial charge on any atom is 0.212 e. The van der Waals surface area contributed by atoms with E-state index in [1.807, 2.05) is 5.41 Å². The number of hydrogen-bond acceptors (Lipinski definition) is 3. The van der Waals surface area contributed by atoms with E-state index in [1.54, 1.807) is 17.8 Å². The summed E-state index contributed by atoms with van der Waals surface area (Å²) in [5.74, 6) is 2.13. The van der Waals surface area contributed by atoms with Gasteiger partial charge in [0.2, 0.25) is 5.12 Å². The molecule has 0 unspecified atom stereocenters. The smallest absolute Gasteiger partial charge is 0.212 e. The summed E-state index contributed by atoms with van der Waals surface area (Å²) in [6, 6.07) is 0. The number of thioether (sulfide) groups is 2. The van der Waals surface area contributed by atoms with E-state index in [4.69, 9.17) is 0 Å². The molecule has 0 bridgehead atoms. The first-order valence-corrected chi connectivity index (χ1v) is 4.88. The second-order valence-electron chi connectivity index (χ2n) is 1.69. The Labute approximate surface area is 63.3 Å². The molecule has 1 aliphatic rings. The second-order valence-corrected chi connectivity index (χ2v) is 3.81. The van der Waals surface area contributed by atoms with E-state index in [-0.39, 0.29) is 5.12 Å². The topological polar surface area (TPSA) is 17.1 Å². The molecule has 0 amide bonds. The molecule has 0 spiro atoms. The Morgan fingerprint density at radius 3 is 3.22 bits per heavy atom. The molecule has 0 saturated heterocycles. The van der Waals surface area contributed by atoms with Crippen molar-refractivity contribution in [2.75, 3.05) is 11.5 Å². The van der Waals surface area contributed by atoms with Crippen LogP contribution in [0.15, 0.2) is 11.5 Å². The van der Waals surface area contributed by atoms with Gasteiger partial charge in [-0.1, -0.05) is 11.8 Å². The van der Waals surface area contributed by atoms with Crippen LogP contribution in [0.2, 0.25) is 0 Å². The number of carbonyl (C=O) groups is 1. The molecule has 0 saturated carbocycles. The van der Waals surface area contributed by atoms with Crippen molar-refractivity contribution in [3.05, 3.63) is 11.5 Å². The predicted octanol–water partition coefficient (Wildman–Crippen LogP) is 1.90. The molecule has 1 rings (SSSR count). The van der Waals surface area contributed by atoms with Gasteiger partial charge in [-0.05, 0) is 23.7 Å². The Morgan fingerprint density at radius 2 is 2.33 bits per heavy atom. The van der Waals surface area contributed by atoms with Gasteiger partial charge in [0.15, 0.2) is 0 Å². The van der Waals surface area contributed by atoms with E-state index in [0.717, 1.165) is 17.9 Å². The van der Waals surface area contributed by atoms with Crippen LogP contribution >= 0.6 is 23.5 Å². The molecule has 0 aromatic rings. The first-order valence-electron chi connectivity index (χ1n) is 2.84. The molecular weight excluding hydrogens is 152 g/mol. The minimum Gasteiger partial charge on any atom is -0.282 e. The zero-order chi connectivity index (χ0) is 6.53. The summed E-state index contributed by atoms with van der Waals surface area (Å²) >= 11 is 3.13. The van der Waals surface area contributed by atoms with Gasteiger partial charge in [-0.15, -0.1) is 11.8 Å². The van der Waals surface area contributed by atoms with Gasteiger partial charge in [-0.25, -0.2) is 0 Å². The van der Waals surface area contributed by atoms with Crippen molar-refractivity contribution >= 4 is 28.6 Å². The molecule has 3 heteroatoms. The van der Waals surface area contributed by atoms with Crippen LogP contribution in [-0.4, -0.2) is 16.6 Å². The standard InChI is InChI=1S/C6H8OS2/c7-6-2-5-8-3-1-4-9-6/h2,5H,1,3-4H2/b5-2-. The fraction of sp³-hybridized carbons (Fsp3) is 0.500. The van der Waals surface area contributed by atoms with E-state index in [9.17, 15) is 4.79 Å². The largest absolute Gasteiger partial charge is 0.282 e. The number of hydrogen-bond donors (Lipinski definition) is 0. The molecule has 0 N–H and O–H groups in total. The first kappa shape index (κ1) is 7.22. The Morgan fingerprint density at radius 1 is 1.44 bits per heavy atom. The van der Waals surface area contributed by atoms with Crippen LogP contribution in [-0.2, 0) is 4.79 Å². The predicted molar refractivity (Wildman–Crippen MR) is 43.7 cm³/mol. The maximum absolute atomic E-state index is 10.7. The van der Waals surface area contributed by atoms with Crippen molar-refractivity contribution in [1.29, 1.82) is 0 Å². The molecule has 1 nitrogen and oxygen atoms in total. The highest BCUT2D eigenvalue weighted by Gasteiger charge is 1.99. The highest BCUT2D eigenvalue weighted by molar-refractivity contribution is 8.14. The zero-order valence-corrected chi connectivity index (χ0v) is 6.63. The van der Waals surface area contributed by atoms with Gasteiger partial charge in [0.25, 0.3) is 0 Å². The van der Waals surface area contributed by atoms with E-state index in [2.05, 4.69) is 0 Å². The van der Waals surface area contributed by atoms with Gasteiger partial charge >= 0.3 is 0 Å². The summed E-state index contributed by atoms with van der Waals surface area (Å²) in [5.41, 5.74) is 0. The van der Waals surface area contributed by atoms with Gasteiger partial charge in [0.05, 0.1) is 0 Å². The van der Waals surface area contributed by atoms with Gasteiger partial charge in [0, 0.05) is 5.75 Å². The van der Waals surface area contributed by atoms with Crippen molar-refractivity contribution in [1.82, 2.24) is 0 Å². The molecule has 50 valence electrons. The number of rotatable bonds is 0. The van der Waals surface area contributed by atoms with E-state index < -0.39 is 0 Å². The second kappa shape index (κ2) is 4.01. The summed E-state index contributed by atoms with van der Waals surface area (Å²) in [6.07, 6.45) is 2.79. The lowest BCUT2D eigenvalue weighted by molar-refractivity contribution is -0.107. The summed E-state index contributed by atoms with van der Waals surface area (Å²) in [5, 5.41) is 2.08. The average molecular weight is 160 g/mol. The molecule has 0 fully saturated rings. The summed E-state index contributed by atoms with van der Waals surface area (Å²) < 4.78 is 0. The SMILES string of the molecule is O=C1/C=C\SCCCS1. The van der Waals surface area contributed by atoms with E-state index >= 15 is 0 Å². The highest BCUT2D eigenvalue weighted by atomic mass is 32.2. The Bertz CT molecular complexity index is 131. The fourth-order valence-electron chi connectivity index (χ4n) is 0.535. The summed E-state index contributed by atoms with van der Waals surface area (Å²) in [4.78, 5) is 10.7. The van der Waals surface area contributed by atoms with Crippen molar-refractivity contribution in [2.24, 2.45) is 0 Å². The maximum atomic E-state index is 10.7. The molecule has 0 aromatic carbocycles. The van der Waals surface area contributed by atoms with Crippen LogP contribution in [0.1, 0.15) is 6.42 Å². The van der Waals surface area contributed by atoms with Gasteiger partial charge in [-0.3, -0.25) is 4.79 Å². The summed E-state index contributed by atoms with van der Waals surface area (Å²) in [7, 11) is 0. The van der Waals surface area contributed by atoms with Gasteiger partial charge < -0.3 is 0 Å². The Kier molecular flexibility index (Phi) is 3.22. The third kappa shape index (κ3) is 2.96. The van der Waals surface area contributed by atoms with Gasteiger partial charge in [-0.2, -0.15) is 0 Å². The molecular formula is C6H8OS2. The van der Waals surface area contributed by atoms with Crippen LogP contribution in [0.5, 0.6) is 0 Å². The highest BCUT2D eigenvalue weighted by Crippen LogP contribution is 2.14. The van der Waals surface area contributed by atoms with Gasteiger partial charge in [0.1, 0.15) is 0 Å².